The van der Waals surface area contributed by atoms with Crippen molar-refractivity contribution in [2.24, 2.45) is 12.8 Å². The van der Waals surface area contributed by atoms with Crippen molar-refractivity contribution in [2.75, 3.05) is 6.61 Å². The lowest BCUT2D eigenvalue weighted by atomic mass is 10.1. The van der Waals surface area contributed by atoms with Crippen LogP contribution in [0.5, 0.6) is 11.5 Å². The fourth-order valence-electron chi connectivity index (χ4n) is 1.92. The number of hydrogen-bond acceptors (Lipinski definition) is 5. The van der Waals surface area contributed by atoms with Gasteiger partial charge in [-0.05, 0) is 12.1 Å². The van der Waals surface area contributed by atoms with Crippen LogP contribution in [0.1, 0.15) is 17.3 Å². The molecule has 1 aromatic carbocycles. The second-order valence-corrected chi connectivity index (χ2v) is 4.29. The smallest absolute Gasteiger partial charge is 0.134 e. The van der Waals surface area contributed by atoms with Crippen molar-refractivity contribution in [3.8, 4) is 11.5 Å². The van der Waals surface area contributed by atoms with Gasteiger partial charge in [0.1, 0.15) is 30.4 Å². The first-order valence-corrected chi connectivity index (χ1v) is 5.73. The molecule has 6 heteroatoms. The van der Waals surface area contributed by atoms with Gasteiger partial charge in [0.05, 0.1) is 12.2 Å². The highest BCUT2D eigenvalue weighted by atomic mass is 16.5. The fourth-order valence-corrected chi connectivity index (χ4v) is 1.92. The Morgan fingerprint density at radius 3 is 3.22 bits per heavy atom. The third-order valence-corrected chi connectivity index (χ3v) is 2.84. The van der Waals surface area contributed by atoms with Gasteiger partial charge in [-0.1, -0.05) is 5.21 Å². The van der Waals surface area contributed by atoms with Crippen LogP contribution >= 0.6 is 0 Å². The maximum absolute atomic E-state index is 5.88. The molecule has 0 spiro atoms. The number of rotatable bonds is 3. The predicted octanol–water partition coefficient (Wildman–Crippen LogP) is 0.786. The van der Waals surface area contributed by atoms with Gasteiger partial charge in [-0.25, -0.2) is 0 Å². The molecule has 0 saturated heterocycles. The minimum Gasteiger partial charge on any atom is -0.491 e. The number of benzene rings is 1. The van der Waals surface area contributed by atoms with E-state index in [1.54, 1.807) is 4.68 Å². The van der Waals surface area contributed by atoms with Gasteiger partial charge < -0.3 is 15.2 Å². The van der Waals surface area contributed by atoms with E-state index in [0.29, 0.717) is 13.2 Å². The second-order valence-electron chi connectivity index (χ2n) is 4.29. The zero-order valence-corrected chi connectivity index (χ0v) is 10.0. The Kier molecular flexibility index (Phi) is 2.64. The first kappa shape index (κ1) is 11.0. The Balaban J connectivity index is 1.70. The molecule has 0 amide bonds. The van der Waals surface area contributed by atoms with E-state index in [2.05, 4.69) is 10.3 Å². The lowest BCUT2D eigenvalue weighted by molar-refractivity contribution is 0.296. The van der Waals surface area contributed by atoms with Crippen LogP contribution in [0.25, 0.3) is 0 Å². The third kappa shape index (κ3) is 2.02. The largest absolute Gasteiger partial charge is 0.491 e. The van der Waals surface area contributed by atoms with E-state index >= 15 is 0 Å². The lowest BCUT2D eigenvalue weighted by Gasteiger charge is -2.06. The normalized spacial score (nSPS) is 17.3. The Bertz CT molecular complexity index is 567. The number of aryl methyl sites for hydroxylation is 1. The highest BCUT2D eigenvalue weighted by Crippen LogP contribution is 2.34. The molecule has 94 valence electrons. The Labute approximate surface area is 104 Å². The van der Waals surface area contributed by atoms with Crippen LogP contribution in [0.2, 0.25) is 0 Å². The van der Waals surface area contributed by atoms with Crippen LogP contribution in [0.4, 0.5) is 0 Å². The van der Waals surface area contributed by atoms with E-state index in [9.17, 15) is 0 Å². The van der Waals surface area contributed by atoms with Crippen LogP contribution in [-0.2, 0) is 13.7 Å². The average Bonchev–Trinajstić information content (AvgIpc) is 2.94. The van der Waals surface area contributed by atoms with Crippen LogP contribution in [0.3, 0.4) is 0 Å². The third-order valence-electron chi connectivity index (χ3n) is 2.84. The monoisotopic (exact) mass is 246 g/mol. The van der Waals surface area contributed by atoms with Crippen LogP contribution in [0, 0.1) is 0 Å². The van der Waals surface area contributed by atoms with Crippen molar-refractivity contribution in [2.45, 2.75) is 12.6 Å². The first-order valence-electron chi connectivity index (χ1n) is 5.73. The number of ether oxygens (including phenoxy) is 2. The van der Waals surface area contributed by atoms with E-state index in [4.69, 9.17) is 15.2 Å². The summed E-state index contributed by atoms with van der Waals surface area (Å²) < 4.78 is 12.7. The molecule has 0 saturated carbocycles. The van der Waals surface area contributed by atoms with Crippen LogP contribution < -0.4 is 15.2 Å². The summed E-state index contributed by atoms with van der Waals surface area (Å²) in [7, 11) is 1.82. The molecule has 1 atom stereocenters. The van der Waals surface area contributed by atoms with Crippen molar-refractivity contribution in [3.63, 3.8) is 0 Å². The Morgan fingerprint density at radius 1 is 1.56 bits per heavy atom. The van der Waals surface area contributed by atoms with Crippen LogP contribution in [0.15, 0.2) is 24.4 Å². The highest BCUT2D eigenvalue weighted by Gasteiger charge is 2.20. The van der Waals surface area contributed by atoms with E-state index in [1.165, 1.54) is 0 Å². The zero-order chi connectivity index (χ0) is 12.5. The molecule has 0 bridgehead atoms. The minimum atomic E-state index is -0.0333. The molecule has 2 aromatic rings. The van der Waals surface area contributed by atoms with E-state index in [0.717, 1.165) is 22.8 Å². The van der Waals surface area contributed by atoms with Crippen LogP contribution in [-0.4, -0.2) is 21.6 Å². The van der Waals surface area contributed by atoms with Crippen molar-refractivity contribution < 1.29 is 9.47 Å². The zero-order valence-electron chi connectivity index (χ0n) is 10.0. The van der Waals surface area contributed by atoms with Gasteiger partial charge in [0, 0.05) is 18.7 Å². The van der Waals surface area contributed by atoms with E-state index in [-0.39, 0.29) is 6.04 Å². The van der Waals surface area contributed by atoms with Gasteiger partial charge in [0.15, 0.2) is 0 Å². The Hall–Kier alpha value is -2.08. The summed E-state index contributed by atoms with van der Waals surface area (Å²) >= 11 is 0. The molecule has 2 heterocycles. The summed E-state index contributed by atoms with van der Waals surface area (Å²) in [5, 5.41) is 7.79. The molecular formula is C12H14N4O2. The van der Waals surface area contributed by atoms with E-state index < -0.39 is 0 Å². The second kappa shape index (κ2) is 4.30. The average molecular weight is 246 g/mol. The molecule has 0 aliphatic carbocycles. The summed E-state index contributed by atoms with van der Waals surface area (Å²) in [5.74, 6) is 1.55. The van der Waals surface area contributed by atoms with Gasteiger partial charge in [-0.2, -0.15) is 0 Å². The molecule has 1 aliphatic rings. The van der Waals surface area contributed by atoms with Gasteiger partial charge in [-0.15, -0.1) is 5.10 Å². The highest BCUT2D eigenvalue weighted by molar-refractivity contribution is 5.44. The molecule has 1 unspecified atom stereocenters. The quantitative estimate of drug-likeness (QED) is 0.866. The van der Waals surface area contributed by atoms with E-state index in [1.807, 2.05) is 31.4 Å². The molecule has 0 radical (unpaired) electrons. The maximum Gasteiger partial charge on any atom is 0.134 e. The SMILES string of the molecule is Cn1cc(COc2ccc3c(c2)OCC3N)nn1. The molecule has 0 fully saturated rings. The summed E-state index contributed by atoms with van der Waals surface area (Å²) in [5.41, 5.74) is 7.69. The molecule has 1 aliphatic heterocycles. The number of nitrogens with zero attached hydrogens (tertiary/aromatic N) is 3. The summed E-state index contributed by atoms with van der Waals surface area (Å²) in [6.45, 7) is 0.918. The number of aromatic nitrogens is 3. The number of fused-ring (bicyclic) bond motifs is 1. The fraction of sp³-hybridized carbons (Fsp3) is 0.333. The Morgan fingerprint density at radius 2 is 2.44 bits per heavy atom. The van der Waals surface area contributed by atoms with Gasteiger partial charge in [0.2, 0.25) is 0 Å². The van der Waals surface area contributed by atoms with Crippen molar-refractivity contribution in [1.29, 1.82) is 0 Å². The number of nitrogens with two attached hydrogens (primary N) is 1. The predicted molar refractivity (Wildman–Crippen MR) is 64.2 cm³/mol. The molecule has 2 N–H and O–H groups in total. The van der Waals surface area contributed by atoms with Crippen molar-refractivity contribution in [1.82, 2.24) is 15.0 Å². The molecule has 3 rings (SSSR count). The van der Waals surface area contributed by atoms with Crippen molar-refractivity contribution in [3.05, 3.63) is 35.7 Å². The summed E-state index contributed by atoms with van der Waals surface area (Å²) in [6, 6.07) is 5.66. The summed E-state index contributed by atoms with van der Waals surface area (Å²) in [4.78, 5) is 0. The first-order chi connectivity index (χ1) is 8.72. The number of hydrogen-bond donors (Lipinski definition) is 1. The van der Waals surface area contributed by atoms with Crippen molar-refractivity contribution >= 4 is 0 Å². The van der Waals surface area contributed by atoms with Gasteiger partial charge in [0.25, 0.3) is 0 Å². The topological polar surface area (TPSA) is 75.2 Å². The lowest BCUT2D eigenvalue weighted by Crippen LogP contribution is -2.10. The summed E-state index contributed by atoms with van der Waals surface area (Å²) in [6.07, 6.45) is 1.82. The molecular weight excluding hydrogens is 232 g/mol. The molecule has 1 aromatic heterocycles. The standard InChI is InChI=1S/C12H14N4O2/c1-16-5-8(14-15-16)6-17-9-2-3-10-11(13)7-18-12(10)4-9/h2-5,11H,6-7,13H2,1H3. The molecule has 6 nitrogen and oxygen atoms in total. The van der Waals surface area contributed by atoms with Gasteiger partial charge in [-0.3, -0.25) is 4.68 Å². The van der Waals surface area contributed by atoms with Gasteiger partial charge >= 0.3 is 0 Å². The minimum absolute atomic E-state index is 0.0333. The molecule has 18 heavy (non-hydrogen) atoms. The maximum atomic E-state index is 5.88.